The molecule has 33 heavy (non-hydrogen) atoms. The van der Waals surface area contributed by atoms with Crippen LogP contribution in [-0.4, -0.2) is 64.0 Å². The molecule has 0 spiro atoms. The first-order valence-electron chi connectivity index (χ1n) is 11.0. The number of rotatable bonds is 6. The summed E-state index contributed by atoms with van der Waals surface area (Å²) in [7, 11) is 1.97. The minimum Gasteiger partial charge on any atom is -0.395 e. The van der Waals surface area contributed by atoms with E-state index in [4.69, 9.17) is 15.1 Å². The molecule has 172 valence electrons. The van der Waals surface area contributed by atoms with Gasteiger partial charge in [-0.2, -0.15) is 4.52 Å². The molecule has 1 aliphatic heterocycles. The topological polar surface area (TPSA) is 81.8 Å². The highest BCUT2D eigenvalue weighted by molar-refractivity contribution is 7.14. The maximum Gasteiger partial charge on any atom is 0.191 e. The van der Waals surface area contributed by atoms with E-state index in [9.17, 15) is 9.50 Å². The van der Waals surface area contributed by atoms with Gasteiger partial charge in [0.25, 0.3) is 0 Å². The van der Waals surface area contributed by atoms with Gasteiger partial charge in [0, 0.05) is 43.7 Å². The first-order valence-corrected chi connectivity index (χ1v) is 11.9. The Labute approximate surface area is 195 Å². The zero-order valence-electron chi connectivity index (χ0n) is 18.6. The van der Waals surface area contributed by atoms with E-state index in [0.29, 0.717) is 6.54 Å². The van der Waals surface area contributed by atoms with E-state index in [1.165, 1.54) is 23.5 Å². The smallest absolute Gasteiger partial charge is 0.191 e. The van der Waals surface area contributed by atoms with Crippen molar-refractivity contribution in [1.82, 2.24) is 24.9 Å². The van der Waals surface area contributed by atoms with Crippen LogP contribution in [0.4, 0.5) is 21.2 Å². The lowest BCUT2D eigenvalue weighted by atomic mass is 10.2. The quantitative estimate of drug-likeness (QED) is 0.451. The number of aliphatic hydroxyl groups excluding tert-OH is 1. The summed E-state index contributed by atoms with van der Waals surface area (Å²) in [5.74, 6) is 1.47. The number of nitrogens with zero attached hydrogens (tertiary/aromatic N) is 6. The molecule has 4 aromatic rings. The molecule has 4 heterocycles. The van der Waals surface area contributed by atoms with Crippen molar-refractivity contribution in [1.29, 1.82) is 0 Å². The molecule has 8 nitrogen and oxygen atoms in total. The van der Waals surface area contributed by atoms with Crippen LogP contribution < -0.4 is 15.1 Å². The standard InChI is InChI=1S/C23H26FN7OS/c1-3-18-22(29(2)23-27-19(14-33-23)15-4-6-16(24)7-5-15)31-20(26-18)8-9-21(28-31)30-11-10-25-17(12-30)13-32/h4-9,14,17,25,32H,3,10-13H2,1-2H3. The molecule has 1 aromatic carbocycles. The van der Waals surface area contributed by atoms with E-state index in [-0.39, 0.29) is 18.5 Å². The fourth-order valence-corrected chi connectivity index (χ4v) is 4.92. The van der Waals surface area contributed by atoms with Gasteiger partial charge in [-0.05, 0) is 42.8 Å². The number of aliphatic hydroxyl groups is 1. The van der Waals surface area contributed by atoms with Crippen molar-refractivity contribution in [2.75, 3.05) is 43.1 Å². The largest absolute Gasteiger partial charge is 0.395 e. The van der Waals surface area contributed by atoms with Gasteiger partial charge >= 0.3 is 0 Å². The molecule has 0 amide bonds. The number of anilines is 3. The van der Waals surface area contributed by atoms with Crippen molar-refractivity contribution in [3.63, 3.8) is 0 Å². The Morgan fingerprint density at radius 3 is 2.79 bits per heavy atom. The number of piperazine rings is 1. The molecule has 5 rings (SSSR count). The van der Waals surface area contributed by atoms with E-state index in [1.54, 1.807) is 12.1 Å². The molecule has 1 saturated heterocycles. The van der Waals surface area contributed by atoms with E-state index in [2.05, 4.69) is 17.1 Å². The second-order valence-electron chi connectivity index (χ2n) is 8.06. The number of nitrogens with one attached hydrogen (secondary N) is 1. The number of hydrogen-bond donors (Lipinski definition) is 2. The third-order valence-corrected chi connectivity index (χ3v) is 6.80. The van der Waals surface area contributed by atoms with Crippen LogP contribution in [0.2, 0.25) is 0 Å². The minimum absolute atomic E-state index is 0.0348. The molecule has 2 N–H and O–H groups in total. The Hall–Kier alpha value is -3.08. The summed E-state index contributed by atoms with van der Waals surface area (Å²) in [5.41, 5.74) is 3.40. The fourth-order valence-electron chi connectivity index (χ4n) is 4.12. The first-order chi connectivity index (χ1) is 16.1. The Morgan fingerprint density at radius 2 is 2.03 bits per heavy atom. The molecule has 1 unspecified atom stereocenters. The number of imidazole rings is 1. The summed E-state index contributed by atoms with van der Waals surface area (Å²) in [6, 6.07) is 10.4. The van der Waals surface area contributed by atoms with Gasteiger partial charge in [-0.1, -0.05) is 6.92 Å². The Kier molecular flexibility index (Phi) is 5.96. The Bertz CT molecular complexity index is 1260. The van der Waals surface area contributed by atoms with Crippen LogP contribution in [0.25, 0.3) is 16.9 Å². The van der Waals surface area contributed by atoms with Crippen LogP contribution in [0, 0.1) is 5.82 Å². The van der Waals surface area contributed by atoms with Crippen LogP contribution in [0.5, 0.6) is 0 Å². The number of hydrogen-bond acceptors (Lipinski definition) is 8. The van der Waals surface area contributed by atoms with Gasteiger partial charge in [0.2, 0.25) is 0 Å². The zero-order valence-corrected chi connectivity index (χ0v) is 19.4. The summed E-state index contributed by atoms with van der Waals surface area (Å²) in [5, 5.41) is 20.6. The molecular formula is C23H26FN7OS. The molecule has 0 radical (unpaired) electrons. The van der Waals surface area contributed by atoms with Gasteiger partial charge in [0.15, 0.2) is 16.6 Å². The van der Waals surface area contributed by atoms with Crippen molar-refractivity contribution in [3.05, 3.63) is 53.3 Å². The number of thiazole rings is 1. The van der Waals surface area contributed by atoms with Crippen LogP contribution >= 0.6 is 11.3 Å². The molecular weight excluding hydrogens is 441 g/mol. The highest BCUT2D eigenvalue weighted by Crippen LogP contribution is 2.33. The number of fused-ring (bicyclic) bond motifs is 1. The molecule has 0 saturated carbocycles. The van der Waals surface area contributed by atoms with Crippen molar-refractivity contribution in [3.8, 4) is 11.3 Å². The van der Waals surface area contributed by atoms with Crippen molar-refractivity contribution >= 4 is 33.8 Å². The number of benzene rings is 1. The van der Waals surface area contributed by atoms with Crippen LogP contribution in [0.1, 0.15) is 12.6 Å². The van der Waals surface area contributed by atoms with Gasteiger partial charge in [-0.3, -0.25) is 0 Å². The lowest BCUT2D eigenvalue weighted by Gasteiger charge is -2.33. The molecule has 0 aliphatic carbocycles. The zero-order chi connectivity index (χ0) is 22.9. The second kappa shape index (κ2) is 9.05. The van der Waals surface area contributed by atoms with E-state index >= 15 is 0 Å². The van der Waals surface area contributed by atoms with Gasteiger partial charge in [0.1, 0.15) is 11.6 Å². The molecule has 3 aromatic heterocycles. The maximum absolute atomic E-state index is 13.3. The molecule has 1 fully saturated rings. The average Bonchev–Trinajstić information content (AvgIpc) is 3.49. The number of halogens is 1. The van der Waals surface area contributed by atoms with E-state index < -0.39 is 0 Å². The van der Waals surface area contributed by atoms with Gasteiger partial charge < -0.3 is 20.2 Å². The maximum atomic E-state index is 13.3. The summed E-state index contributed by atoms with van der Waals surface area (Å²) >= 11 is 1.52. The van der Waals surface area contributed by atoms with Crippen molar-refractivity contribution in [2.45, 2.75) is 19.4 Å². The fraction of sp³-hybridized carbons (Fsp3) is 0.348. The van der Waals surface area contributed by atoms with Crippen molar-refractivity contribution < 1.29 is 9.50 Å². The molecule has 1 aliphatic rings. The van der Waals surface area contributed by atoms with Gasteiger partial charge in [-0.25, -0.2) is 14.4 Å². The third kappa shape index (κ3) is 4.17. The van der Waals surface area contributed by atoms with Gasteiger partial charge in [-0.15, -0.1) is 16.4 Å². The lowest BCUT2D eigenvalue weighted by Crippen LogP contribution is -2.52. The minimum atomic E-state index is -0.263. The average molecular weight is 468 g/mol. The molecule has 10 heteroatoms. The summed E-state index contributed by atoms with van der Waals surface area (Å²) in [4.78, 5) is 13.8. The number of aromatic nitrogens is 4. The monoisotopic (exact) mass is 467 g/mol. The Morgan fingerprint density at radius 1 is 1.21 bits per heavy atom. The third-order valence-electron chi connectivity index (χ3n) is 5.88. The number of aryl methyl sites for hydroxylation is 1. The lowest BCUT2D eigenvalue weighted by molar-refractivity contribution is 0.235. The molecule has 0 bridgehead atoms. The van der Waals surface area contributed by atoms with E-state index in [1.807, 2.05) is 34.0 Å². The predicted molar refractivity (Wildman–Crippen MR) is 129 cm³/mol. The first kappa shape index (κ1) is 21.7. The summed E-state index contributed by atoms with van der Waals surface area (Å²) in [6.45, 7) is 4.49. The highest BCUT2D eigenvalue weighted by atomic mass is 32.1. The highest BCUT2D eigenvalue weighted by Gasteiger charge is 2.23. The van der Waals surface area contributed by atoms with Crippen LogP contribution in [0.15, 0.2) is 41.8 Å². The van der Waals surface area contributed by atoms with E-state index in [0.717, 1.165) is 58.9 Å². The molecule has 1 atom stereocenters. The second-order valence-corrected chi connectivity index (χ2v) is 8.89. The Balaban J connectivity index is 1.50. The van der Waals surface area contributed by atoms with Crippen LogP contribution in [-0.2, 0) is 6.42 Å². The SMILES string of the molecule is CCc1nc2ccc(N3CCNC(CO)C3)nn2c1N(C)c1nc(-c2ccc(F)cc2)cs1. The normalized spacial score (nSPS) is 16.5. The summed E-state index contributed by atoms with van der Waals surface area (Å²) in [6.07, 6.45) is 0.759. The van der Waals surface area contributed by atoms with Crippen molar-refractivity contribution in [2.24, 2.45) is 0 Å². The van der Waals surface area contributed by atoms with Gasteiger partial charge in [0.05, 0.1) is 18.0 Å². The summed E-state index contributed by atoms with van der Waals surface area (Å²) < 4.78 is 15.2. The predicted octanol–water partition coefficient (Wildman–Crippen LogP) is 3.09. The van der Waals surface area contributed by atoms with Crippen LogP contribution in [0.3, 0.4) is 0 Å².